The Balaban J connectivity index is 2.76. The van der Waals surface area contributed by atoms with Crippen LogP contribution in [0, 0.1) is 11.3 Å². The molecule has 1 heterocycles. The number of aromatic nitrogens is 2. The number of rotatable bonds is 1. The summed E-state index contributed by atoms with van der Waals surface area (Å²) in [7, 11) is 0. The van der Waals surface area contributed by atoms with E-state index < -0.39 is 0 Å². The summed E-state index contributed by atoms with van der Waals surface area (Å²) >= 11 is 0. The van der Waals surface area contributed by atoms with E-state index >= 15 is 0 Å². The molecule has 0 spiro atoms. The van der Waals surface area contributed by atoms with Crippen LogP contribution in [0.3, 0.4) is 0 Å². The Morgan fingerprint density at radius 3 is 3.00 bits per heavy atom. The van der Waals surface area contributed by atoms with E-state index in [1.165, 1.54) is 0 Å². The Kier molecular flexibility index (Phi) is 1.32. The molecule has 0 amide bonds. The fourth-order valence-corrected chi connectivity index (χ4v) is 0.407. The Hall–Kier alpha value is -1.57. The third kappa shape index (κ3) is 1.16. The average molecular weight is 124 g/mol. The van der Waals surface area contributed by atoms with Gasteiger partial charge in [-0.3, -0.25) is 0 Å². The summed E-state index contributed by atoms with van der Waals surface area (Å²) in [6.07, 6.45) is 0.115. The first-order chi connectivity index (χ1) is 4.33. The standard InChI is InChI=1S/C4H4N4O/c5-2-1-3-7-4(6)8-9-3/h1H2,(H2,6,8). The highest BCUT2D eigenvalue weighted by Crippen LogP contribution is 1.96. The summed E-state index contributed by atoms with van der Waals surface area (Å²) < 4.78 is 4.50. The first kappa shape index (κ1) is 5.56. The summed E-state index contributed by atoms with van der Waals surface area (Å²) in [5.41, 5.74) is 5.08. The van der Waals surface area contributed by atoms with Crippen LogP contribution in [0.15, 0.2) is 4.52 Å². The summed E-state index contributed by atoms with van der Waals surface area (Å²) in [4.78, 5) is 3.58. The molecule has 2 N–H and O–H groups in total. The molecule has 1 aromatic heterocycles. The molecule has 0 unspecified atom stereocenters. The van der Waals surface area contributed by atoms with Gasteiger partial charge >= 0.3 is 0 Å². The first-order valence-electron chi connectivity index (χ1n) is 2.28. The molecule has 0 aromatic carbocycles. The number of nitriles is 1. The van der Waals surface area contributed by atoms with Crippen LogP contribution in [0.1, 0.15) is 5.89 Å². The Labute approximate surface area is 51.1 Å². The smallest absolute Gasteiger partial charge is 0.260 e. The number of hydrogen-bond donors (Lipinski definition) is 1. The van der Waals surface area contributed by atoms with Crippen LogP contribution < -0.4 is 5.73 Å². The number of nitrogens with zero attached hydrogens (tertiary/aromatic N) is 3. The van der Waals surface area contributed by atoms with Gasteiger partial charge in [0.25, 0.3) is 5.95 Å². The lowest BCUT2D eigenvalue weighted by molar-refractivity contribution is 0.388. The van der Waals surface area contributed by atoms with Crippen molar-refractivity contribution >= 4 is 5.95 Å². The Morgan fingerprint density at radius 2 is 2.56 bits per heavy atom. The molecule has 0 saturated heterocycles. The van der Waals surface area contributed by atoms with Crippen molar-refractivity contribution in [3.63, 3.8) is 0 Å². The van der Waals surface area contributed by atoms with E-state index in [-0.39, 0.29) is 18.3 Å². The van der Waals surface area contributed by atoms with Gasteiger partial charge in [0.1, 0.15) is 6.42 Å². The summed E-state index contributed by atoms with van der Waals surface area (Å²) in [6, 6.07) is 1.85. The second-order valence-electron chi connectivity index (χ2n) is 1.38. The fourth-order valence-electron chi connectivity index (χ4n) is 0.407. The zero-order chi connectivity index (χ0) is 6.69. The topological polar surface area (TPSA) is 88.7 Å². The molecule has 0 aliphatic carbocycles. The predicted octanol–water partition coefficient (Wildman–Crippen LogP) is -0.282. The average Bonchev–Trinajstić information content (AvgIpc) is 2.17. The van der Waals surface area contributed by atoms with Crippen LogP contribution in [-0.4, -0.2) is 10.1 Å². The molecule has 46 valence electrons. The van der Waals surface area contributed by atoms with Crippen LogP contribution in [0.2, 0.25) is 0 Å². The van der Waals surface area contributed by atoms with Gasteiger partial charge in [-0.25, -0.2) is 0 Å². The second-order valence-corrected chi connectivity index (χ2v) is 1.38. The molecule has 0 atom stereocenters. The van der Waals surface area contributed by atoms with Crippen LogP contribution in [0.4, 0.5) is 5.95 Å². The molecule has 0 fully saturated rings. The van der Waals surface area contributed by atoms with E-state index in [0.29, 0.717) is 0 Å². The van der Waals surface area contributed by atoms with Gasteiger partial charge in [-0.15, -0.1) is 0 Å². The molecule has 5 heteroatoms. The molecule has 9 heavy (non-hydrogen) atoms. The Morgan fingerprint density at radius 1 is 1.78 bits per heavy atom. The molecule has 0 radical (unpaired) electrons. The number of hydrogen-bond acceptors (Lipinski definition) is 5. The van der Waals surface area contributed by atoms with Crippen molar-refractivity contribution < 1.29 is 4.52 Å². The summed E-state index contributed by atoms with van der Waals surface area (Å²) in [5.74, 6) is 0.329. The molecule has 5 nitrogen and oxygen atoms in total. The molecule has 0 aliphatic heterocycles. The van der Waals surface area contributed by atoms with Gasteiger partial charge in [0.05, 0.1) is 6.07 Å². The maximum atomic E-state index is 8.11. The van der Waals surface area contributed by atoms with Crippen LogP contribution in [0.5, 0.6) is 0 Å². The van der Waals surface area contributed by atoms with Gasteiger partial charge in [-0.1, -0.05) is 0 Å². The van der Waals surface area contributed by atoms with Crippen molar-refractivity contribution in [2.24, 2.45) is 0 Å². The highest BCUT2D eigenvalue weighted by Gasteiger charge is 1.99. The highest BCUT2D eigenvalue weighted by atomic mass is 16.5. The first-order valence-corrected chi connectivity index (χ1v) is 2.28. The van der Waals surface area contributed by atoms with Gasteiger partial charge in [0.15, 0.2) is 0 Å². The maximum absolute atomic E-state index is 8.11. The number of anilines is 1. The van der Waals surface area contributed by atoms with E-state index in [9.17, 15) is 0 Å². The third-order valence-corrected chi connectivity index (χ3v) is 0.714. The van der Waals surface area contributed by atoms with E-state index in [0.717, 1.165) is 0 Å². The van der Waals surface area contributed by atoms with Crippen molar-refractivity contribution in [3.05, 3.63) is 5.89 Å². The van der Waals surface area contributed by atoms with Gasteiger partial charge in [-0.2, -0.15) is 10.2 Å². The predicted molar refractivity (Wildman–Crippen MR) is 28.0 cm³/mol. The van der Waals surface area contributed by atoms with Crippen molar-refractivity contribution in [3.8, 4) is 6.07 Å². The van der Waals surface area contributed by atoms with Gasteiger partial charge in [-0.05, 0) is 5.16 Å². The summed E-state index contributed by atoms with van der Waals surface area (Å²) in [6.45, 7) is 0. The monoisotopic (exact) mass is 124 g/mol. The Bertz CT molecular complexity index is 235. The zero-order valence-electron chi connectivity index (χ0n) is 4.53. The van der Waals surface area contributed by atoms with E-state index in [2.05, 4.69) is 14.7 Å². The molecular weight excluding hydrogens is 120 g/mol. The van der Waals surface area contributed by atoms with Crippen molar-refractivity contribution in [2.45, 2.75) is 6.42 Å². The number of nitrogens with two attached hydrogens (primary N) is 1. The van der Waals surface area contributed by atoms with E-state index in [4.69, 9.17) is 11.0 Å². The minimum Gasteiger partial charge on any atom is -0.365 e. The van der Waals surface area contributed by atoms with Gasteiger partial charge < -0.3 is 10.3 Å². The van der Waals surface area contributed by atoms with Crippen molar-refractivity contribution in [1.29, 1.82) is 5.26 Å². The zero-order valence-corrected chi connectivity index (χ0v) is 4.53. The van der Waals surface area contributed by atoms with E-state index in [1.54, 1.807) is 0 Å². The van der Waals surface area contributed by atoms with Crippen molar-refractivity contribution in [2.75, 3.05) is 5.73 Å². The fraction of sp³-hybridized carbons (Fsp3) is 0.250. The molecular formula is C4H4N4O. The molecule has 1 aromatic rings. The highest BCUT2D eigenvalue weighted by molar-refractivity contribution is 5.11. The van der Waals surface area contributed by atoms with Crippen LogP contribution in [-0.2, 0) is 6.42 Å². The lowest BCUT2D eigenvalue weighted by Gasteiger charge is -1.73. The van der Waals surface area contributed by atoms with Gasteiger partial charge in [0, 0.05) is 0 Å². The molecule has 0 bridgehead atoms. The molecule has 0 saturated carbocycles. The maximum Gasteiger partial charge on any atom is 0.260 e. The minimum atomic E-state index is 0.0697. The third-order valence-electron chi connectivity index (χ3n) is 0.714. The molecule has 1 rings (SSSR count). The quantitative estimate of drug-likeness (QED) is 0.556. The van der Waals surface area contributed by atoms with Crippen molar-refractivity contribution in [1.82, 2.24) is 10.1 Å². The SMILES string of the molecule is N#CCc1nc(N)no1. The number of nitrogen functional groups attached to an aromatic ring is 1. The van der Waals surface area contributed by atoms with Gasteiger partial charge in [0.2, 0.25) is 5.89 Å². The van der Waals surface area contributed by atoms with Crippen LogP contribution in [0.25, 0.3) is 0 Å². The van der Waals surface area contributed by atoms with Crippen LogP contribution >= 0.6 is 0 Å². The second kappa shape index (κ2) is 2.13. The largest absolute Gasteiger partial charge is 0.365 e. The minimum absolute atomic E-state index is 0.0697. The lowest BCUT2D eigenvalue weighted by atomic mass is 10.5. The normalized spacial score (nSPS) is 8.78. The summed E-state index contributed by atoms with van der Waals surface area (Å²) in [5, 5.41) is 11.4. The lowest BCUT2D eigenvalue weighted by Crippen LogP contribution is -1.86. The molecule has 0 aliphatic rings. The van der Waals surface area contributed by atoms with E-state index in [1.807, 2.05) is 6.07 Å².